The number of aliphatic hydroxyl groups excluding tert-OH is 2. The van der Waals surface area contributed by atoms with Crippen molar-refractivity contribution in [2.75, 3.05) is 6.61 Å². The van der Waals surface area contributed by atoms with Crippen LogP contribution in [-0.2, 0) is 4.74 Å². The number of rotatable bonds is 4. The molecule has 0 saturated carbocycles. The number of ether oxygens (including phenoxy) is 1. The van der Waals surface area contributed by atoms with Crippen molar-refractivity contribution in [3.63, 3.8) is 0 Å². The van der Waals surface area contributed by atoms with Gasteiger partial charge in [-0.3, -0.25) is 14.3 Å². The molecule has 0 aliphatic carbocycles. The van der Waals surface area contributed by atoms with E-state index in [1.165, 1.54) is 16.8 Å². The average molecular weight is 270 g/mol. The molecule has 2 rings (SSSR count). The molecular formula is C12H18N2O5. The van der Waals surface area contributed by atoms with Crippen LogP contribution >= 0.6 is 0 Å². The van der Waals surface area contributed by atoms with Gasteiger partial charge in [0.05, 0.1) is 12.7 Å². The van der Waals surface area contributed by atoms with Crippen LogP contribution < -0.4 is 11.2 Å². The van der Waals surface area contributed by atoms with Crippen molar-refractivity contribution in [3.05, 3.63) is 33.1 Å². The molecule has 3 atom stereocenters. The number of nitrogens with one attached hydrogen (secondary N) is 1. The minimum Gasteiger partial charge on any atom is -0.393 e. The Morgan fingerprint density at radius 2 is 2.32 bits per heavy atom. The zero-order valence-corrected chi connectivity index (χ0v) is 10.7. The second kappa shape index (κ2) is 5.28. The lowest BCUT2D eigenvalue weighted by atomic mass is 9.92. The maximum Gasteiger partial charge on any atom is 0.330 e. The molecule has 7 nitrogen and oxygen atoms in total. The Morgan fingerprint density at radius 3 is 2.89 bits per heavy atom. The fraction of sp³-hybridized carbons (Fsp3) is 0.667. The molecule has 1 aliphatic rings. The molecule has 1 aliphatic heterocycles. The number of hydrogen-bond donors (Lipinski definition) is 3. The average Bonchev–Trinajstić information content (AvgIpc) is 2.67. The second-order valence-electron chi connectivity index (χ2n) is 4.81. The van der Waals surface area contributed by atoms with Crippen molar-refractivity contribution in [2.45, 2.75) is 44.1 Å². The number of H-pyrrole nitrogens is 1. The van der Waals surface area contributed by atoms with Crippen LogP contribution in [0.15, 0.2) is 21.9 Å². The quantitative estimate of drug-likeness (QED) is 0.674. The van der Waals surface area contributed by atoms with E-state index < -0.39 is 29.2 Å². The van der Waals surface area contributed by atoms with Gasteiger partial charge in [0.2, 0.25) is 0 Å². The minimum absolute atomic E-state index is 0.201. The van der Waals surface area contributed by atoms with E-state index in [1.54, 1.807) is 0 Å². The van der Waals surface area contributed by atoms with Crippen molar-refractivity contribution in [3.8, 4) is 0 Å². The molecule has 106 valence electrons. The Kier molecular flexibility index (Phi) is 3.88. The molecule has 0 amide bonds. The SMILES string of the molecule is CCC[C@]1(CO)O[C@H](n2ccc(=O)[nH]c2=O)C[C@@H]1O. The van der Waals surface area contributed by atoms with Gasteiger partial charge in [-0.15, -0.1) is 0 Å². The van der Waals surface area contributed by atoms with Gasteiger partial charge in [-0.2, -0.15) is 0 Å². The van der Waals surface area contributed by atoms with Crippen LogP contribution in [-0.4, -0.2) is 38.1 Å². The smallest absolute Gasteiger partial charge is 0.330 e. The standard InChI is InChI=1S/C12H18N2O5/c1-2-4-12(7-15)8(16)6-10(19-12)14-5-3-9(17)13-11(14)18/h3,5,8,10,15-16H,2,4,6-7H2,1H3,(H,13,17,18)/t8-,10-,12+/m0/s1. The van der Waals surface area contributed by atoms with E-state index in [1.807, 2.05) is 6.92 Å². The Labute approximate surface area is 109 Å². The third-order valence-corrected chi connectivity index (χ3v) is 3.51. The molecular weight excluding hydrogens is 252 g/mol. The molecule has 7 heteroatoms. The van der Waals surface area contributed by atoms with Crippen molar-refractivity contribution in [1.29, 1.82) is 0 Å². The van der Waals surface area contributed by atoms with Crippen LogP contribution in [0.1, 0.15) is 32.4 Å². The summed E-state index contributed by atoms with van der Waals surface area (Å²) in [6.45, 7) is 1.61. The highest BCUT2D eigenvalue weighted by molar-refractivity contribution is 4.96. The summed E-state index contributed by atoms with van der Waals surface area (Å²) in [5.74, 6) is 0. The first-order valence-electron chi connectivity index (χ1n) is 6.30. The molecule has 0 aromatic carbocycles. The summed E-state index contributed by atoms with van der Waals surface area (Å²) in [6, 6.07) is 1.22. The Bertz CT molecular complexity index is 552. The van der Waals surface area contributed by atoms with Gasteiger partial charge in [0.1, 0.15) is 11.8 Å². The number of aromatic amines is 1. The molecule has 0 spiro atoms. The minimum atomic E-state index is -1.03. The van der Waals surface area contributed by atoms with Gasteiger partial charge in [0.15, 0.2) is 0 Å². The molecule has 0 bridgehead atoms. The molecule has 1 saturated heterocycles. The number of nitrogens with zero attached hydrogens (tertiary/aromatic N) is 1. The Morgan fingerprint density at radius 1 is 1.58 bits per heavy atom. The molecule has 0 unspecified atom stereocenters. The van der Waals surface area contributed by atoms with E-state index in [0.29, 0.717) is 6.42 Å². The number of aromatic nitrogens is 2. The van der Waals surface area contributed by atoms with E-state index in [9.17, 15) is 19.8 Å². The second-order valence-corrected chi connectivity index (χ2v) is 4.81. The zero-order chi connectivity index (χ0) is 14.0. The first-order valence-corrected chi connectivity index (χ1v) is 6.30. The molecule has 0 radical (unpaired) electrons. The van der Waals surface area contributed by atoms with Crippen LogP contribution in [0.2, 0.25) is 0 Å². The van der Waals surface area contributed by atoms with E-state index in [2.05, 4.69) is 4.98 Å². The van der Waals surface area contributed by atoms with Gasteiger partial charge in [-0.1, -0.05) is 13.3 Å². The lowest BCUT2D eigenvalue weighted by molar-refractivity contribution is -0.132. The molecule has 3 N–H and O–H groups in total. The van der Waals surface area contributed by atoms with Crippen LogP contribution in [0.4, 0.5) is 0 Å². The largest absolute Gasteiger partial charge is 0.393 e. The van der Waals surface area contributed by atoms with Gasteiger partial charge in [0, 0.05) is 18.7 Å². The summed E-state index contributed by atoms with van der Waals surface area (Å²) in [4.78, 5) is 24.8. The highest BCUT2D eigenvalue weighted by Crippen LogP contribution is 2.38. The molecule has 1 aromatic heterocycles. The zero-order valence-electron chi connectivity index (χ0n) is 10.7. The first-order chi connectivity index (χ1) is 9.02. The highest BCUT2D eigenvalue weighted by Gasteiger charge is 2.47. The monoisotopic (exact) mass is 270 g/mol. The van der Waals surface area contributed by atoms with E-state index in [0.717, 1.165) is 6.42 Å². The third kappa shape index (κ3) is 2.49. The van der Waals surface area contributed by atoms with Gasteiger partial charge in [-0.05, 0) is 6.42 Å². The third-order valence-electron chi connectivity index (χ3n) is 3.51. The maximum absolute atomic E-state index is 11.7. The van der Waals surface area contributed by atoms with Crippen LogP contribution in [0, 0.1) is 0 Å². The summed E-state index contributed by atoms with van der Waals surface area (Å²) in [7, 11) is 0. The lowest BCUT2D eigenvalue weighted by Crippen LogP contribution is -2.43. The van der Waals surface area contributed by atoms with Crippen molar-refractivity contribution in [2.24, 2.45) is 0 Å². The van der Waals surface area contributed by atoms with Gasteiger partial charge in [0.25, 0.3) is 5.56 Å². The van der Waals surface area contributed by atoms with E-state index in [-0.39, 0.29) is 13.0 Å². The molecule has 2 heterocycles. The summed E-state index contributed by atoms with van der Waals surface area (Å²) in [5, 5.41) is 19.5. The Balaban J connectivity index is 2.29. The highest BCUT2D eigenvalue weighted by atomic mass is 16.6. The van der Waals surface area contributed by atoms with Gasteiger partial charge < -0.3 is 14.9 Å². The summed E-state index contributed by atoms with van der Waals surface area (Å²) < 4.78 is 6.92. The fourth-order valence-corrected chi connectivity index (χ4v) is 2.50. The fourth-order valence-electron chi connectivity index (χ4n) is 2.50. The summed E-state index contributed by atoms with van der Waals surface area (Å²) in [5.41, 5.74) is -2.11. The summed E-state index contributed by atoms with van der Waals surface area (Å²) >= 11 is 0. The predicted molar refractivity (Wildman–Crippen MR) is 66.8 cm³/mol. The van der Waals surface area contributed by atoms with E-state index >= 15 is 0 Å². The Hall–Kier alpha value is -1.44. The number of aliphatic hydroxyl groups is 2. The maximum atomic E-state index is 11.7. The van der Waals surface area contributed by atoms with Gasteiger partial charge >= 0.3 is 5.69 Å². The first kappa shape index (κ1) is 14.0. The molecule has 1 fully saturated rings. The number of hydrogen-bond acceptors (Lipinski definition) is 5. The lowest BCUT2D eigenvalue weighted by Gasteiger charge is -2.29. The van der Waals surface area contributed by atoms with E-state index in [4.69, 9.17) is 4.74 Å². The predicted octanol–water partition coefficient (Wildman–Crippen LogP) is -0.652. The van der Waals surface area contributed by atoms with Crippen molar-refractivity contribution < 1.29 is 14.9 Å². The van der Waals surface area contributed by atoms with Crippen LogP contribution in [0.25, 0.3) is 0 Å². The van der Waals surface area contributed by atoms with Crippen molar-refractivity contribution >= 4 is 0 Å². The summed E-state index contributed by atoms with van der Waals surface area (Å²) in [6.07, 6.45) is 1.24. The molecule has 19 heavy (non-hydrogen) atoms. The molecule has 1 aromatic rings. The van der Waals surface area contributed by atoms with Gasteiger partial charge in [-0.25, -0.2) is 4.79 Å². The van der Waals surface area contributed by atoms with Crippen LogP contribution in [0.3, 0.4) is 0 Å². The van der Waals surface area contributed by atoms with Crippen molar-refractivity contribution in [1.82, 2.24) is 9.55 Å². The van der Waals surface area contributed by atoms with Crippen LogP contribution in [0.5, 0.6) is 0 Å². The topological polar surface area (TPSA) is 105 Å². The normalized spacial score (nSPS) is 30.7.